The summed E-state index contributed by atoms with van der Waals surface area (Å²) >= 11 is 0. The topological polar surface area (TPSA) is 55.8 Å². The standard InChI is InChI=1S/C15H20O4/c1-14(2)6-5-10(16)15-9(14)4-3-8-7-18-12(11(8)15)19-13(15)17/h3,9-12,16H,4-7H2,1-2H3/t9-,10-,11+,12+,15-/m0/s1. The molecule has 2 heterocycles. The fourth-order valence-corrected chi connectivity index (χ4v) is 4.98. The minimum Gasteiger partial charge on any atom is -0.435 e. The molecule has 0 unspecified atom stereocenters. The van der Waals surface area contributed by atoms with Gasteiger partial charge in [-0.25, -0.2) is 0 Å². The summed E-state index contributed by atoms with van der Waals surface area (Å²) in [5.74, 6) is -0.150. The number of allylic oxidation sites excluding steroid dienone is 1. The molecule has 4 nitrogen and oxygen atoms in total. The van der Waals surface area contributed by atoms with Gasteiger partial charge in [-0.15, -0.1) is 0 Å². The Morgan fingerprint density at radius 2 is 2.21 bits per heavy atom. The van der Waals surface area contributed by atoms with Crippen LogP contribution < -0.4 is 0 Å². The first-order valence-electron chi connectivity index (χ1n) is 7.17. The van der Waals surface area contributed by atoms with Crippen LogP contribution in [0, 0.1) is 22.7 Å². The fraction of sp³-hybridized carbons (Fsp3) is 0.800. The molecule has 2 saturated heterocycles. The first-order chi connectivity index (χ1) is 8.98. The summed E-state index contributed by atoms with van der Waals surface area (Å²) in [5, 5.41) is 10.6. The number of rotatable bonds is 0. The molecule has 0 radical (unpaired) electrons. The molecule has 0 aromatic rings. The van der Waals surface area contributed by atoms with Crippen molar-refractivity contribution in [2.24, 2.45) is 22.7 Å². The summed E-state index contributed by atoms with van der Waals surface area (Å²) in [6.07, 6.45) is 3.63. The van der Waals surface area contributed by atoms with Crippen LogP contribution in [0.2, 0.25) is 0 Å². The Morgan fingerprint density at radius 1 is 1.42 bits per heavy atom. The average molecular weight is 264 g/mol. The van der Waals surface area contributed by atoms with Crippen molar-refractivity contribution in [2.45, 2.75) is 45.5 Å². The molecule has 5 atom stereocenters. The average Bonchev–Trinajstić information content (AvgIpc) is 2.89. The van der Waals surface area contributed by atoms with E-state index in [9.17, 15) is 9.90 Å². The van der Waals surface area contributed by atoms with Gasteiger partial charge in [0.1, 0.15) is 5.41 Å². The molecule has 4 rings (SSSR count). The molecule has 1 spiro atoms. The van der Waals surface area contributed by atoms with Crippen LogP contribution in [-0.4, -0.2) is 30.1 Å². The zero-order valence-corrected chi connectivity index (χ0v) is 11.4. The normalized spacial score (nSPS) is 50.3. The van der Waals surface area contributed by atoms with Gasteiger partial charge in [0.15, 0.2) is 0 Å². The lowest BCUT2D eigenvalue weighted by Crippen LogP contribution is -2.59. The van der Waals surface area contributed by atoms with Gasteiger partial charge in [-0.3, -0.25) is 4.79 Å². The quantitative estimate of drug-likeness (QED) is 0.533. The first kappa shape index (κ1) is 11.9. The molecule has 3 fully saturated rings. The predicted octanol–water partition coefficient (Wildman–Crippen LogP) is 1.63. The zero-order chi connectivity index (χ0) is 13.4. The van der Waals surface area contributed by atoms with Gasteiger partial charge in [-0.2, -0.15) is 0 Å². The summed E-state index contributed by atoms with van der Waals surface area (Å²) in [6.45, 7) is 4.96. The van der Waals surface area contributed by atoms with E-state index in [1.54, 1.807) is 0 Å². The molecule has 0 bridgehead atoms. The monoisotopic (exact) mass is 264 g/mol. The number of ether oxygens (including phenoxy) is 2. The summed E-state index contributed by atoms with van der Waals surface area (Å²) in [4.78, 5) is 12.6. The number of hydrogen-bond donors (Lipinski definition) is 1. The third-order valence-electron chi connectivity index (χ3n) is 5.93. The van der Waals surface area contributed by atoms with Gasteiger partial charge < -0.3 is 14.6 Å². The number of carbonyl (C=O) groups is 1. The SMILES string of the molecule is CC1(C)CC[C@H](O)[C@@]23C(=O)O[C@H]4OCC(=CC[C@@H]12)[C@H]43. The molecule has 2 aliphatic heterocycles. The Hall–Kier alpha value is -0.870. The summed E-state index contributed by atoms with van der Waals surface area (Å²) in [7, 11) is 0. The lowest BCUT2D eigenvalue weighted by Gasteiger charge is -2.54. The summed E-state index contributed by atoms with van der Waals surface area (Å²) in [5.41, 5.74) is 0.453. The second-order valence-corrected chi connectivity index (χ2v) is 7.11. The smallest absolute Gasteiger partial charge is 0.318 e. The number of hydrogen-bond acceptors (Lipinski definition) is 4. The van der Waals surface area contributed by atoms with Crippen LogP contribution in [0.15, 0.2) is 11.6 Å². The van der Waals surface area contributed by atoms with Crippen molar-refractivity contribution in [1.29, 1.82) is 0 Å². The molecule has 0 aromatic heterocycles. The Bertz CT molecular complexity index is 481. The van der Waals surface area contributed by atoms with Gasteiger partial charge in [0, 0.05) is 0 Å². The van der Waals surface area contributed by atoms with Crippen molar-refractivity contribution in [3.63, 3.8) is 0 Å². The van der Waals surface area contributed by atoms with Gasteiger partial charge in [0.25, 0.3) is 0 Å². The minimum absolute atomic E-state index is 0.0533. The van der Waals surface area contributed by atoms with E-state index in [-0.39, 0.29) is 23.2 Å². The second kappa shape index (κ2) is 3.41. The first-order valence-corrected chi connectivity index (χ1v) is 7.17. The molecule has 19 heavy (non-hydrogen) atoms. The molecule has 1 N–H and O–H groups in total. The summed E-state index contributed by atoms with van der Waals surface area (Å²) in [6, 6.07) is 0. The molecule has 4 aliphatic rings. The molecular weight excluding hydrogens is 244 g/mol. The number of esters is 1. The van der Waals surface area contributed by atoms with Gasteiger partial charge in [-0.05, 0) is 36.2 Å². The maximum absolute atomic E-state index is 12.6. The van der Waals surface area contributed by atoms with Crippen LogP contribution in [0.4, 0.5) is 0 Å². The Kier molecular flexibility index (Phi) is 2.14. The van der Waals surface area contributed by atoms with Crippen LogP contribution in [0.5, 0.6) is 0 Å². The van der Waals surface area contributed by atoms with E-state index < -0.39 is 17.8 Å². The molecule has 104 valence electrons. The van der Waals surface area contributed by atoms with E-state index in [0.717, 1.165) is 18.4 Å². The van der Waals surface area contributed by atoms with Crippen molar-refractivity contribution < 1.29 is 19.4 Å². The van der Waals surface area contributed by atoms with E-state index >= 15 is 0 Å². The van der Waals surface area contributed by atoms with Crippen molar-refractivity contribution >= 4 is 5.97 Å². The van der Waals surface area contributed by atoms with Crippen LogP contribution >= 0.6 is 0 Å². The fourth-order valence-electron chi connectivity index (χ4n) is 4.98. The highest BCUT2D eigenvalue weighted by molar-refractivity contribution is 5.82. The van der Waals surface area contributed by atoms with E-state index in [0.29, 0.717) is 13.0 Å². The lowest BCUT2D eigenvalue weighted by molar-refractivity contribution is -0.177. The molecule has 4 heteroatoms. The molecular formula is C15H20O4. The minimum atomic E-state index is -0.757. The highest BCUT2D eigenvalue weighted by atomic mass is 16.7. The van der Waals surface area contributed by atoms with Crippen LogP contribution in [0.1, 0.15) is 33.1 Å². The van der Waals surface area contributed by atoms with Crippen molar-refractivity contribution in [3.05, 3.63) is 11.6 Å². The van der Waals surface area contributed by atoms with E-state index in [2.05, 4.69) is 19.9 Å². The van der Waals surface area contributed by atoms with Gasteiger partial charge in [-0.1, -0.05) is 19.9 Å². The summed E-state index contributed by atoms with van der Waals surface area (Å²) < 4.78 is 11.1. The van der Waals surface area contributed by atoms with Crippen molar-refractivity contribution in [3.8, 4) is 0 Å². The van der Waals surface area contributed by atoms with Crippen LogP contribution in [0.3, 0.4) is 0 Å². The number of aliphatic hydroxyl groups is 1. The third-order valence-corrected chi connectivity index (χ3v) is 5.93. The maximum atomic E-state index is 12.6. The van der Waals surface area contributed by atoms with E-state index in [1.807, 2.05) is 0 Å². The maximum Gasteiger partial charge on any atom is 0.318 e. The largest absolute Gasteiger partial charge is 0.435 e. The Morgan fingerprint density at radius 3 is 3.00 bits per heavy atom. The highest BCUT2D eigenvalue weighted by Gasteiger charge is 2.72. The van der Waals surface area contributed by atoms with Gasteiger partial charge in [0.05, 0.1) is 18.6 Å². The number of aliphatic hydroxyl groups excluding tert-OH is 1. The van der Waals surface area contributed by atoms with Crippen molar-refractivity contribution in [2.75, 3.05) is 6.61 Å². The molecule has 2 aliphatic carbocycles. The Labute approximate surface area is 112 Å². The van der Waals surface area contributed by atoms with Gasteiger partial charge in [0.2, 0.25) is 6.29 Å². The predicted molar refractivity (Wildman–Crippen MR) is 67.0 cm³/mol. The van der Waals surface area contributed by atoms with Crippen molar-refractivity contribution in [1.82, 2.24) is 0 Å². The lowest BCUT2D eigenvalue weighted by atomic mass is 9.47. The van der Waals surface area contributed by atoms with E-state index in [4.69, 9.17) is 9.47 Å². The van der Waals surface area contributed by atoms with Crippen LogP contribution in [0.25, 0.3) is 0 Å². The molecule has 0 aromatic carbocycles. The highest BCUT2D eigenvalue weighted by Crippen LogP contribution is 2.65. The number of carbonyl (C=O) groups excluding carboxylic acids is 1. The third kappa shape index (κ3) is 1.20. The van der Waals surface area contributed by atoms with Crippen LogP contribution in [-0.2, 0) is 14.3 Å². The molecule has 0 amide bonds. The van der Waals surface area contributed by atoms with Gasteiger partial charge >= 0.3 is 5.97 Å². The Balaban J connectivity index is 1.93. The second-order valence-electron chi connectivity index (χ2n) is 7.11. The molecule has 1 saturated carbocycles. The van der Waals surface area contributed by atoms with E-state index in [1.165, 1.54) is 0 Å². The zero-order valence-electron chi connectivity index (χ0n) is 11.4.